The molecular weight excluding hydrogens is 148 g/mol. The smallest absolute Gasteiger partial charge is 0.0784 e. The molecule has 68 valence electrons. The summed E-state index contributed by atoms with van der Waals surface area (Å²) in [7, 11) is 1.70. The van der Waals surface area contributed by atoms with Gasteiger partial charge in [0.1, 0.15) is 0 Å². The average molecular weight is 166 g/mol. The van der Waals surface area contributed by atoms with E-state index in [1.165, 1.54) is 5.57 Å². The summed E-state index contributed by atoms with van der Waals surface area (Å²) in [4.78, 5) is 0. The summed E-state index contributed by atoms with van der Waals surface area (Å²) in [6, 6.07) is 0. The van der Waals surface area contributed by atoms with E-state index in [1.807, 2.05) is 19.1 Å². The van der Waals surface area contributed by atoms with Crippen molar-refractivity contribution in [1.82, 2.24) is 0 Å². The van der Waals surface area contributed by atoms with Crippen molar-refractivity contribution in [2.45, 2.75) is 26.4 Å². The highest BCUT2D eigenvalue weighted by atomic mass is 16.5. The van der Waals surface area contributed by atoms with Crippen LogP contribution in [-0.4, -0.2) is 13.2 Å². The zero-order valence-electron chi connectivity index (χ0n) is 8.21. The van der Waals surface area contributed by atoms with Crippen molar-refractivity contribution in [1.29, 1.82) is 0 Å². The van der Waals surface area contributed by atoms with E-state index < -0.39 is 0 Å². The van der Waals surface area contributed by atoms with Gasteiger partial charge in [-0.3, -0.25) is 0 Å². The molecule has 0 fully saturated rings. The highest BCUT2D eigenvalue weighted by Crippen LogP contribution is 2.03. The Balaban J connectivity index is 3.92. The normalized spacial score (nSPS) is 15.1. The number of hydrogen-bond acceptors (Lipinski definition) is 1. The summed E-state index contributed by atoms with van der Waals surface area (Å²) >= 11 is 0. The fourth-order valence-electron chi connectivity index (χ4n) is 0.922. The molecule has 1 heteroatoms. The zero-order valence-corrected chi connectivity index (χ0v) is 8.21. The third-order valence-corrected chi connectivity index (χ3v) is 1.67. The van der Waals surface area contributed by atoms with E-state index in [-0.39, 0.29) is 6.10 Å². The molecule has 0 rings (SSSR count). The fourth-order valence-corrected chi connectivity index (χ4v) is 0.922. The molecule has 0 saturated heterocycles. The minimum absolute atomic E-state index is 0.144. The van der Waals surface area contributed by atoms with Gasteiger partial charge < -0.3 is 4.74 Å². The second kappa shape index (κ2) is 6.86. The molecule has 1 atom stereocenters. The number of ether oxygens (including phenoxy) is 1. The number of hydrogen-bond donors (Lipinski definition) is 0. The van der Waals surface area contributed by atoms with Crippen molar-refractivity contribution in [2.75, 3.05) is 7.11 Å². The fraction of sp³-hybridized carbons (Fsp3) is 0.455. The quantitative estimate of drug-likeness (QED) is 0.450. The predicted octanol–water partition coefficient (Wildman–Crippen LogP) is 3.10. The van der Waals surface area contributed by atoms with Crippen LogP contribution in [0.15, 0.2) is 36.5 Å². The Kier molecular flexibility index (Phi) is 6.39. The van der Waals surface area contributed by atoms with Gasteiger partial charge in [0.05, 0.1) is 6.10 Å². The Morgan fingerprint density at radius 2 is 2.25 bits per heavy atom. The average Bonchev–Trinajstić information content (AvgIpc) is 2.07. The van der Waals surface area contributed by atoms with E-state index in [9.17, 15) is 0 Å². The van der Waals surface area contributed by atoms with Crippen LogP contribution in [0.25, 0.3) is 0 Å². The Bertz CT molecular complexity index is 177. The Morgan fingerprint density at radius 1 is 1.58 bits per heavy atom. The van der Waals surface area contributed by atoms with Crippen molar-refractivity contribution < 1.29 is 4.74 Å². The van der Waals surface area contributed by atoms with Crippen molar-refractivity contribution >= 4 is 0 Å². The van der Waals surface area contributed by atoms with Crippen LogP contribution in [0.4, 0.5) is 0 Å². The molecule has 0 aromatic rings. The van der Waals surface area contributed by atoms with Crippen molar-refractivity contribution in [2.24, 2.45) is 0 Å². The van der Waals surface area contributed by atoms with Gasteiger partial charge in [0.2, 0.25) is 0 Å². The monoisotopic (exact) mass is 166 g/mol. The van der Waals surface area contributed by atoms with E-state index in [0.717, 1.165) is 6.42 Å². The van der Waals surface area contributed by atoms with Gasteiger partial charge in [-0.2, -0.15) is 0 Å². The molecule has 0 aromatic carbocycles. The zero-order chi connectivity index (χ0) is 9.40. The van der Waals surface area contributed by atoms with Crippen molar-refractivity contribution in [3.05, 3.63) is 36.5 Å². The summed E-state index contributed by atoms with van der Waals surface area (Å²) < 4.78 is 5.14. The van der Waals surface area contributed by atoms with Gasteiger partial charge >= 0.3 is 0 Å². The highest BCUT2D eigenvalue weighted by molar-refractivity contribution is 5.15. The van der Waals surface area contributed by atoms with Crippen molar-refractivity contribution in [3.63, 3.8) is 0 Å². The summed E-state index contributed by atoms with van der Waals surface area (Å²) in [5, 5.41) is 0. The Morgan fingerprint density at radius 3 is 2.67 bits per heavy atom. The van der Waals surface area contributed by atoms with Crippen LogP contribution in [0.3, 0.4) is 0 Å². The molecule has 0 amide bonds. The van der Waals surface area contributed by atoms with Crippen LogP contribution in [0.2, 0.25) is 0 Å². The molecule has 12 heavy (non-hydrogen) atoms. The van der Waals surface area contributed by atoms with E-state index in [1.54, 1.807) is 7.11 Å². The van der Waals surface area contributed by atoms with Gasteiger partial charge in [-0.05, 0) is 20.3 Å². The highest BCUT2D eigenvalue weighted by Gasteiger charge is 1.97. The first-order chi connectivity index (χ1) is 5.74. The predicted molar refractivity (Wildman–Crippen MR) is 54.2 cm³/mol. The molecule has 1 nitrogen and oxygen atoms in total. The lowest BCUT2D eigenvalue weighted by molar-refractivity contribution is 0.144. The van der Waals surface area contributed by atoms with Gasteiger partial charge in [0.15, 0.2) is 0 Å². The number of allylic oxidation sites excluding steroid dienone is 3. The van der Waals surface area contributed by atoms with Crippen LogP contribution < -0.4 is 0 Å². The molecule has 0 bridgehead atoms. The molecule has 0 aromatic heterocycles. The summed E-state index contributed by atoms with van der Waals surface area (Å²) in [5.74, 6) is 0. The van der Waals surface area contributed by atoms with Gasteiger partial charge in [0.25, 0.3) is 0 Å². The first-order valence-corrected chi connectivity index (χ1v) is 4.19. The lowest BCUT2D eigenvalue weighted by atomic mass is 10.1. The third-order valence-electron chi connectivity index (χ3n) is 1.67. The minimum atomic E-state index is 0.144. The van der Waals surface area contributed by atoms with Crippen LogP contribution in [0.5, 0.6) is 0 Å². The molecule has 0 aliphatic rings. The topological polar surface area (TPSA) is 9.23 Å². The van der Waals surface area contributed by atoms with E-state index >= 15 is 0 Å². The summed E-state index contributed by atoms with van der Waals surface area (Å²) in [5.41, 5.74) is 1.27. The minimum Gasteiger partial charge on any atom is -0.377 e. The van der Waals surface area contributed by atoms with E-state index in [0.29, 0.717) is 0 Å². The number of rotatable bonds is 5. The lowest BCUT2D eigenvalue weighted by Gasteiger charge is -2.06. The number of methoxy groups -OCH3 is 1. The molecule has 0 heterocycles. The first-order valence-electron chi connectivity index (χ1n) is 4.19. The van der Waals surface area contributed by atoms with Gasteiger partial charge in [-0.1, -0.05) is 29.9 Å². The van der Waals surface area contributed by atoms with Gasteiger partial charge in [0, 0.05) is 7.11 Å². The summed E-state index contributed by atoms with van der Waals surface area (Å²) in [6.07, 6.45) is 9.12. The van der Waals surface area contributed by atoms with Crippen LogP contribution >= 0.6 is 0 Å². The molecular formula is C11H18O. The molecule has 1 unspecified atom stereocenters. The Hall–Kier alpha value is -0.820. The third kappa shape index (κ3) is 4.91. The largest absolute Gasteiger partial charge is 0.377 e. The second-order valence-corrected chi connectivity index (χ2v) is 2.69. The van der Waals surface area contributed by atoms with E-state index in [2.05, 4.69) is 25.7 Å². The lowest BCUT2D eigenvalue weighted by Crippen LogP contribution is -2.04. The maximum atomic E-state index is 5.14. The van der Waals surface area contributed by atoms with Gasteiger partial charge in [-0.25, -0.2) is 0 Å². The van der Waals surface area contributed by atoms with Crippen LogP contribution in [0, 0.1) is 0 Å². The van der Waals surface area contributed by atoms with Gasteiger partial charge in [-0.15, -0.1) is 6.58 Å². The Labute approximate surface area is 75.4 Å². The second-order valence-electron chi connectivity index (χ2n) is 2.69. The molecule has 0 aliphatic carbocycles. The standard InChI is InChI=1S/C11H18O/c1-5-7-10(3)8-9-11(6-2)12-4/h5-8,11H,2,9H2,1,3-4H3/b7-5-,10-8+. The SMILES string of the molecule is C=CC(C/C=C(C)/C=C\C)OC. The molecule has 0 spiro atoms. The van der Waals surface area contributed by atoms with Crippen molar-refractivity contribution in [3.8, 4) is 0 Å². The molecule has 0 saturated carbocycles. The summed E-state index contributed by atoms with van der Waals surface area (Å²) in [6.45, 7) is 7.78. The first kappa shape index (κ1) is 11.2. The molecule has 0 N–H and O–H groups in total. The molecule has 0 radical (unpaired) electrons. The maximum absolute atomic E-state index is 5.14. The molecule has 0 aliphatic heterocycles. The van der Waals surface area contributed by atoms with Crippen LogP contribution in [0.1, 0.15) is 20.3 Å². The maximum Gasteiger partial charge on any atom is 0.0784 e. The van der Waals surface area contributed by atoms with E-state index in [4.69, 9.17) is 4.74 Å². The van der Waals surface area contributed by atoms with Crippen LogP contribution in [-0.2, 0) is 4.74 Å².